The van der Waals surface area contributed by atoms with Gasteiger partial charge in [-0.1, -0.05) is 20.8 Å². The highest BCUT2D eigenvalue weighted by Gasteiger charge is 2.48. The van der Waals surface area contributed by atoms with Gasteiger partial charge in [0.15, 0.2) is 0 Å². The molecule has 2 heterocycles. The summed E-state index contributed by atoms with van der Waals surface area (Å²) in [5.41, 5.74) is -0.0481. The van der Waals surface area contributed by atoms with E-state index in [0.29, 0.717) is 35.3 Å². The van der Waals surface area contributed by atoms with E-state index in [4.69, 9.17) is 4.74 Å². The van der Waals surface area contributed by atoms with Gasteiger partial charge in [-0.3, -0.25) is 4.79 Å². The lowest BCUT2D eigenvalue weighted by atomic mass is 9.81. The van der Waals surface area contributed by atoms with E-state index < -0.39 is 29.5 Å². The number of piperidine rings is 1. The molecule has 1 aromatic carbocycles. The standard InChI is InChI=1S/C25H36F3N3O4/c1-24(2,3)20-19(30-12-8-16(9-13-30)29(4)5)7-6-18(22(32)33)21(20)31(23(34)25(26,27)28)17-10-14-35-15-11-17/h6-7,16-17H,8-15H2,1-5H3,(H,32,33). The van der Waals surface area contributed by atoms with Gasteiger partial charge in [0.2, 0.25) is 0 Å². The molecule has 196 valence electrons. The van der Waals surface area contributed by atoms with Gasteiger partial charge in [0.25, 0.3) is 0 Å². The molecule has 35 heavy (non-hydrogen) atoms. The summed E-state index contributed by atoms with van der Waals surface area (Å²) in [6.07, 6.45) is -3.01. The second-order valence-electron chi connectivity index (χ2n) is 10.6. The molecule has 1 aromatic rings. The number of benzene rings is 1. The van der Waals surface area contributed by atoms with Crippen molar-refractivity contribution in [2.45, 2.75) is 70.1 Å². The average Bonchev–Trinajstić information content (AvgIpc) is 2.78. The van der Waals surface area contributed by atoms with Gasteiger partial charge in [-0.15, -0.1) is 0 Å². The Morgan fingerprint density at radius 1 is 1.00 bits per heavy atom. The minimum atomic E-state index is -5.15. The normalized spacial score (nSPS) is 18.7. The van der Waals surface area contributed by atoms with Crippen molar-refractivity contribution in [1.82, 2.24) is 4.90 Å². The fourth-order valence-corrected chi connectivity index (χ4v) is 5.16. The van der Waals surface area contributed by atoms with Crippen molar-refractivity contribution in [1.29, 1.82) is 0 Å². The van der Waals surface area contributed by atoms with E-state index in [-0.39, 0.29) is 37.3 Å². The van der Waals surface area contributed by atoms with Gasteiger partial charge >= 0.3 is 18.1 Å². The van der Waals surface area contributed by atoms with E-state index in [0.717, 1.165) is 12.8 Å². The quantitative estimate of drug-likeness (QED) is 0.652. The molecule has 1 N–H and O–H groups in total. The number of carboxylic acid groups (broad SMARTS) is 1. The first-order valence-corrected chi connectivity index (χ1v) is 12.0. The maximum atomic E-state index is 13.9. The number of hydrogen-bond donors (Lipinski definition) is 1. The second kappa shape index (κ2) is 10.3. The van der Waals surface area contributed by atoms with Crippen molar-refractivity contribution in [2.75, 3.05) is 50.2 Å². The van der Waals surface area contributed by atoms with Crippen LogP contribution in [-0.2, 0) is 14.9 Å². The fraction of sp³-hybridized carbons (Fsp3) is 0.680. The lowest BCUT2D eigenvalue weighted by Crippen LogP contribution is -2.51. The van der Waals surface area contributed by atoms with Gasteiger partial charge in [0.05, 0.1) is 11.3 Å². The zero-order valence-corrected chi connectivity index (χ0v) is 21.1. The molecule has 2 aliphatic heterocycles. The number of carboxylic acids is 1. The van der Waals surface area contributed by atoms with Gasteiger partial charge < -0.3 is 24.5 Å². The number of alkyl halides is 3. The largest absolute Gasteiger partial charge is 0.478 e. The first-order valence-electron chi connectivity index (χ1n) is 12.0. The molecule has 0 atom stereocenters. The van der Waals surface area contributed by atoms with Crippen molar-refractivity contribution < 1.29 is 32.6 Å². The van der Waals surface area contributed by atoms with Crippen LogP contribution in [0.3, 0.4) is 0 Å². The maximum Gasteiger partial charge on any atom is 0.471 e. The van der Waals surface area contributed by atoms with Gasteiger partial charge in [0.1, 0.15) is 0 Å². The lowest BCUT2D eigenvalue weighted by molar-refractivity contribution is -0.171. The van der Waals surface area contributed by atoms with Crippen LogP contribution in [0.15, 0.2) is 12.1 Å². The Bertz CT molecular complexity index is 929. The summed E-state index contributed by atoms with van der Waals surface area (Å²) in [5.74, 6) is -3.41. The second-order valence-corrected chi connectivity index (χ2v) is 10.6. The van der Waals surface area contributed by atoms with E-state index in [1.54, 1.807) is 6.07 Å². The molecule has 2 aliphatic rings. The molecular formula is C25H36F3N3O4. The third-order valence-electron chi connectivity index (χ3n) is 6.93. The number of amides is 1. The van der Waals surface area contributed by atoms with Gasteiger partial charge in [-0.05, 0) is 57.3 Å². The molecule has 7 nitrogen and oxygen atoms in total. The maximum absolute atomic E-state index is 13.9. The molecule has 2 saturated heterocycles. The monoisotopic (exact) mass is 499 g/mol. The van der Waals surface area contributed by atoms with Crippen LogP contribution < -0.4 is 9.80 Å². The molecule has 0 spiro atoms. The molecular weight excluding hydrogens is 463 g/mol. The predicted octanol–water partition coefficient (Wildman–Crippen LogP) is 4.29. The minimum Gasteiger partial charge on any atom is -0.478 e. The predicted molar refractivity (Wildman–Crippen MR) is 128 cm³/mol. The summed E-state index contributed by atoms with van der Waals surface area (Å²) in [4.78, 5) is 30.2. The molecule has 0 aliphatic carbocycles. The number of hydrogen-bond acceptors (Lipinski definition) is 5. The van der Waals surface area contributed by atoms with Crippen LogP contribution in [0.1, 0.15) is 62.4 Å². The summed E-state index contributed by atoms with van der Waals surface area (Å²) >= 11 is 0. The minimum absolute atomic E-state index is 0.147. The highest BCUT2D eigenvalue weighted by atomic mass is 19.4. The molecule has 2 fully saturated rings. The van der Waals surface area contributed by atoms with Crippen molar-refractivity contribution in [3.8, 4) is 0 Å². The van der Waals surface area contributed by atoms with Crippen LogP contribution in [0.4, 0.5) is 24.5 Å². The van der Waals surface area contributed by atoms with Gasteiger partial charge in [-0.2, -0.15) is 13.2 Å². The molecule has 0 saturated carbocycles. The number of carbonyl (C=O) groups excluding carboxylic acids is 1. The van der Waals surface area contributed by atoms with Crippen LogP contribution in [0, 0.1) is 0 Å². The molecule has 3 rings (SSSR count). The Morgan fingerprint density at radius 2 is 1.57 bits per heavy atom. The summed E-state index contributed by atoms with van der Waals surface area (Å²) < 4.78 is 47.0. The number of carbonyl (C=O) groups is 2. The van der Waals surface area contributed by atoms with E-state index in [2.05, 4.69) is 9.80 Å². The third kappa shape index (κ3) is 5.91. The third-order valence-corrected chi connectivity index (χ3v) is 6.93. The van der Waals surface area contributed by atoms with Crippen molar-refractivity contribution >= 4 is 23.3 Å². The molecule has 1 amide bonds. The number of anilines is 2. The SMILES string of the molecule is CN(C)C1CCN(c2ccc(C(=O)O)c(N(C(=O)C(F)(F)F)C3CCOCC3)c2C(C)(C)C)CC1. The zero-order chi connectivity index (χ0) is 26.1. The number of ether oxygens (including phenoxy) is 1. The van der Waals surface area contributed by atoms with E-state index in [1.165, 1.54) is 6.07 Å². The van der Waals surface area contributed by atoms with Crippen molar-refractivity contribution in [3.63, 3.8) is 0 Å². The molecule has 0 aromatic heterocycles. The van der Waals surface area contributed by atoms with E-state index in [1.807, 2.05) is 34.9 Å². The summed E-state index contributed by atoms with van der Waals surface area (Å²) in [6, 6.07) is 2.61. The van der Waals surface area contributed by atoms with Crippen LogP contribution in [0.5, 0.6) is 0 Å². The van der Waals surface area contributed by atoms with Crippen LogP contribution >= 0.6 is 0 Å². The first-order chi connectivity index (χ1) is 16.2. The van der Waals surface area contributed by atoms with Crippen LogP contribution in [-0.4, -0.2) is 80.5 Å². The zero-order valence-electron chi connectivity index (χ0n) is 21.1. The van der Waals surface area contributed by atoms with Crippen LogP contribution in [0.2, 0.25) is 0 Å². The summed E-state index contributed by atoms with van der Waals surface area (Å²) in [6.45, 7) is 7.30. The molecule has 0 unspecified atom stereocenters. The van der Waals surface area contributed by atoms with Gasteiger partial charge in [0, 0.05) is 49.6 Å². The number of rotatable bonds is 5. The van der Waals surface area contributed by atoms with Crippen LogP contribution in [0.25, 0.3) is 0 Å². The summed E-state index contributed by atoms with van der Waals surface area (Å²) in [5, 5.41) is 10.0. The average molecular weight is 500 g/mol. The molecule has 0 bridgehead atoms. The van der Waals surface area contributed by atoms with E-state index in [9.17, 15) is 27.9 Å². The number of aromatic carboxylic acids is 1. The Morgan fingerprint density at radius 3 is 2.03 bits per heavy atom. The number of halogens is 3. The highest BCUT2D eigenvalue weighted by Crippen LogP contribution is 2.45. The van der Waals surface area contributed by atoms with Crippen molar-refractivity contribution in [2.24, 2.45) is 0 Å². The Balaban J connectivity index is 2.24. The molecule has 0 radical (unpaired) electrons. The molecule has 10 heteroatoms. The first kappa shape index (κ1) is 27.3. The van der Waals surface area contributed by atoms with Gasteiger partial charge in [-0.25, -0.2) is 4.79 Å². The number of nitrogens with zero attached hydrogens (tertiary/aromatic N) is 3. The Labute approximate surface area is 204 Å². The van der Waals surface area contributed by atoms with Crippen molar-refractivity contribution in [3.05, 3.63) is 23.3 Å². The summed E-state index contributed by atoms with van der Waals surface area (Å²) in [7, 11) is 4.05. The Kier molecular flexibility index (Phi) is 8.06. The lowest BCUT2D eigenvalue weighted by Gasteiger charge is -2.42. The highest BCUT2D eigenvalue weighted by molar-refractivity contribution is 6.06. The Hall–Kier alpha value is -2.33. The topological polar surface area (TPSA) is 73.3 Å². The van der Waals surface area contributed by atoms with E-state index >= 15 is 0 Å². The smallest absolute Gasteiger partial charge is 0.471 e. The fourth-order valence-electron chi connectivity index (χ4n) is 5.16.